The van der Waals surface area contributed by atoms with Crippen molar-refractivity contribution >= 4 is 17.3 Å². The Morgan fingerprint density at radius 2 is 2.22 bits per heavy atom. The SMILES string of the molecule is CN(CC(=O)NCC(F)(F)F)c1ccncc1N. The number of carbonyl (C=O) groups excluding carboxylic acids is 1. The van der Waals surface area contributed by atoms with E-state index in [0.29, 0.717) is 11.4 Å². The van der Waals surface area contributed by atoms with Crippen LogP contribution in [0.25, 0.3) is 0 Å². The molecule has 0 aliphatic heterocycles. The zero-order chi connectivity index (χ0) is 13.8. The molecule has 0 saturated carbocycles. The van der Waals surface area contributed by atoms with Gasteiger partial charge in [0.1, 0.15) is 6.54 Å². The first-order chi connectivity index (χ1) is 8.29. The van der Waals surface area contributed by atoms with Crippen LogP contribution in [0.5, 0.6) is 0 Å². The molecule has 18 heavy (non-hydrogen) atoms. The van der Waals surface area contributed by atoms with Crippen molar-refractivity contribution in [3.63, 3.8) is 0 Å². The van der Waals surface area contributed by atoms with Gasteiger partial charge in [-0.15, -0.1) is 0 Å². The summed E-state index contributed by atoms with van der Waals surface area (Å²) < 4.78 is 35.7. The van der Waals surface area contributed by atoms with Gasteiger partial charge in [-0.3, -0.25) is 9.78 Å². The lowest BCUT2D eigenvalue weighted by atomic mass is 10.3. The number of nitrogen functional groups attached to an aromatic ring is 1. The van der Waals surface area contributed by atoms with Crippen molar-refractivity contribution < 1.29 is 18.0 Å². The van der Waals surface area contributed by atoms with E-state index in [1.54, 1.807) is 18.4 Å². The molecule has 1 heterocycles. The molecule has 0 aliphatic rings. The maximum Gasteiger partial charge on any atom is 0.405 e. The molecule has 1 aromatic heterocycles. The molecule has 0 aromatic carbocycles. The Labute approximate surface area is 102 Å². The van der Waals surface area contributed by atoms with Crippen molar-refractivity contribution in [1.29, 1.82) is 0 Å². The van der Waals surface area contributed by atoms with Crippen LogP contribution in [0, 0.1) is 0 Å². The van der Waals surface area contributed by atoms with Crippen LogP contribution in [0.3, 0.4) is 0 Å². The van der Waals surface area contributed by atoms with E-state index in [0.717, 1.165) is 0 Å². The lowest BCUT2D eigenvalue weighted by Crippen LogP contribution is -2.40. The van der Waals surface area contributed by atoms with Crippen LogP contribution in [0.4, 0.5) is 24.5 Å². The molecule has 0 bridgehead atoms. The first-order valence-corrected chi connectivity index (χ1v) is 5.03. The quantitative estimate of drug-likeness (QED) is 0.841. The molecular weight excluding hydrogens is 249 g/mol. The molecule has 0 aliphatic carbocycles. The first-order valence-electron chi connectivity index (χ1n) is 5.03. The molecule has 3 N–H and O–H groups in total. The van der Waals surface area contributed by atoms with Crippen molar-refractivity contribution in [1.82, 2.24) is 10.3 Å². The summed E-state index contributed by atoms with van der Waals surface area (Å²) in [6, 6.07) is 1.58. The van der Waals surface area contributed by atoms with Crippen molar-refractivity contribution in [2.24, 2.45) is 0 Å². The molecular formula is C10H13F3N4O. The van der Waals surface area contributed by atoms with Crippen molar-refractivity contribution in [2.75, 3.05) is 30.8 Å². The predicted octanol–water partition coefficient (Wildman–Crippen LogP) is 0.778. The third kappa shape index (κ3) is 4.48. The van der Waals surface area contributed by atoms with Gasteiger partial charge in [0.05, 0.1) is 24.1 Å². The number of halogens is 3. The minimum Gasteiger partial charge on any atom is -0.396 e. The second-order valence-corrected chi connectivity index (χ2v) is 3.68. The second-order valence-electron chi connectivity index (χ2n) is 3.68. The maximum atomic E-state index is 11.9. The molecule has 1 rings (SSSR count). The Morgan fingerprint density at radius 1 is 1.56 bits per heavy atom. The molecule has 0 unspecified atom stereocenters. The highest BCUT2D eigenvalue weighted by Crippen LogP contribution is 2.19. The minimum absolute atomic E-state index is 0.218. The molecule has 0 spiro atoms. The van der Waals surface area contributed by atoms with E-state index < -0.39 is 18.6 Å². The molecule has 0 fully saturated rings. The first kappa shape index (κ1) is 14.1. The van der Waals surface area contributed by atoms with Gasteiger partial charge >= 0.3 is 6.18 Å². The fourth-order valence-electron chi connectivity index (χ4n) is 1.30. The molecule has 0 atom stereocenters. The number of nitrogens with one attached hydrogen (secondary N) is 1. The second kappa shape index (κ2) is 5.56. The third-order valence-corrected chi connectivity index (χ3v) is 2.11. The number of likely N-dealkylation sites (N-methyl/N-ethyl adjacent to an activating group) is 1. The highest BCUT2D eigenvalue weighted by atomic mass is 19.4. The minimum atomic E-state index is -4.41. The molecule has 0 radical (unpaired) electrons. The van der Waals surface area contributed by atoms with Gasteiger partial charge in [-0.05, 0) is 6.07 Å². The summed E-state index contributed by atoms with van der Waals surface area (Å²) in [5.74, 6) is -0.731. The van der Waals surface area contributed by atoms with Gasteiger partial charge < -0.3 is 16.0 Å². The van der Waals surface area contributed by atoms with E-state index in [1.807, 2.05) is 0 Å². The lowest BCUT2D eigenvalue weighted by molar-refractivity contribution is -0.137. The summed E-state index contributed by atoms with van der Waals surface area (Å²) in [4.78, 5) is 16.5. The van der Waals surface area contributed by atoms with Gasteiger partial charge in [0.25, 0.3) is 0 Å². The number of pyridine rings is 1. The van der Waals surface area contributed by atoms with Crippen molar-refractivity contribution in [3.05, 3.63) is 18.5 Å². The number of hydrogen-bond acceptors (Lipinski definition) is 4. The molecule has 0 saturated heterocycles. The van der Waals surface area contributed by atoms with Crippen molar-refractivity contribution in [2.45, 2.75) is 6.18 Å². The summed E-state index contributed by atoms with van der Waals surface area (Å²) >= 11 is 0. The highest BCUT2D eigenvalue weighted by molar-refractivity contribution is 5.82. The van der Waals surface area contributed by atoms with Crippen LogP contribution in [0.1, 0.15) is 0 Å². The molecule has 1 amide bonds. The van der Waals surface area contributed by atoms with Crippen molar-refractivity contribution in [3.8, 4) is 0 Å². The number of anilines is 2. The fourth-order valence-corrected chi connectivity index (χ4v) is 1.30. The third-order valence-electron chi connectivity index (χ3n) is 2.11. The summed E-state index contributed by atoms with van der Waals surface area (Å²) in [7, 11) is 1.55. The Balaban J connectivity index is 2.53. The van der Waals surface area contributed by atoms with Crippen LogP contribution >= 0.6 is 0 Å². The maximum absolute atomic E-state index is 11.9. The number of carbonyl (C=O) groups is 1. The van der Waals surface area contributed by atoms with Gasteiger partial charge in [0, 0.05) is 13.2 Å². The van der Waals surface area contributed by atoms with Crippen LogP contribution < -0.4 is 16.0 Å². The molecule has 5 nitrogen and oxygen atoms in total. The fraction of sp³-hybridized carbons (Fsp3) is 0.400. The summed E-state index contributed by atoms with van der Waals surface area (Å²) in [6.07, 6.45) is -1.53. The van der Waals surface area contributed by atoms with E-state index in [4.69, 9.17) is 5.73 Å². The van der Waals surface area contributed by atoms with E-state index in [-0.39, 0.29) is 6.54 Å². The number of amides is 1. The average Bonchev–Trinajstić information content (AvgIpc) is 2.26. The summed E-state index contributed by atoms with van der Waals surface area (Å²) in [6.45, 7) is -1.56. The predicted molar refractivity (Wildman–Crippen MR) is 61.0 cm³/mol. The van der Waals surface area contributed by atoms with Gasteiger partial charge in [-0.2, -0.15) is 13.2 Å². The van der Waals surface area contributed by atoms with Gasteiger partial charge in [0.2, 0.25) is 5.91 Å². The van der Waals surface area contributed by atoms with E-state index >= 15 is 0 Å². The smallest absolute Gasteiger partial charge is 0.396 e. The topological polar surface area (TPSA) is 71.2 Å². The van der Waals surface area contributed by atoms with Gasteiger partial charge in [0.15, 0.2) is 0 Å². The number of nitrogens with zero attached hydrogens (tertiary/aromatic N) is 2. The van der Waals surface area contributed by atoms with Crippen LogP contribution in [0.2, 0.25) is 0 Å². The lowest BCUT2D eigenvalue weighted by Gasteiger charge is -2.20. The monoisotopic (exact) mass is 262 g/mol. The number of hydrogen-bond donors (Lipinski definition) is 2. The Morgan fingerprint density at radius 3 is 2.78 bits per heavy atom. The highest BCUT2D eigenvalue weighted by Gasteiger charge is 2.27. The Kier molecular flexibility index (Phi) is 4.35. The number of aromatic nitrogens is 1. The van der Waals surface area contributed by atoms with Gasteiger partial charge in [-0.25, -0.2) is 0 Å². The number of nitrogens with two attached hydrogens (primary N) is 1. The normalized spacial score (nSPS) is 11.1. The van der Waals surface area contributed by atoms with Crippen LogP contribution in [0.15, 0.2) is 18.5 Å². The molecule has 1 aromatic rings. The standard InChI is InChI=1S/C10H13F3N4O/c1-17(8-2-3-15-4-7(8)14)5-9(18)16-6-10(11,12)13/h2-4H,5-6,14H2,1H3,(H,16,18). The number of alkyl halides is 3. The summed E-state index contributed by atoms with van der Waals surface area (Å²) in [5, 5.41) is 1.78. The largest absolute Gasteiger partial charge is 0.405 e. The Bertz CT molecular complexity index is 422. The van der Waals surface area contributed by atoms with Crippen LogP contribution in [-0.2, 0) is 4.79 Å². The molecule has 100 valence electrons. The zero-order valence-electron chi connectivity index (χ0n) is 9.66. The zero-order valence-corrected chi connectivity index (χ0v) is 9.66. The average molecular weight is 262 g/mol. The van der Waals surface area contributed by atoms with E-state index in [1.165, 1.54) is 17.3 Å². The van der Waals surface area contributed by atoms with E-state index in [9.17, 15) is 18.0 Å². The Hall–Kier alpha value is -1.99. The van der Waals surface area contributed by atoms with Crippen LogP contribution in [-0.4, -0.2) is 37.2 Å². The summed E-state index contributed by atoms with van der Waals surface area (Å²) in [5.41, 5.74) is 6.51. The molecule has 8 heteroatoms. The number of rotatable bonds is 4. The van der Waals surface area contributed by atoms with E-state index in [2.05, 4.69) is 4.98 Å². The van der Waals surface area contributed by atoms with Gasteiger partial charge in [-0.1, -0.05) is 0 Å².